The lowest BCUT2D eigenvalue weighted by Gasteiger charge is -2.18. The van der Waals surface area contributed by atoms with Gasteiger partial charge in [0.1, 0.15) is 0 Å². The molecule has 1 N–H and O–H groups in total. The molecule has 1 rings (SSSR count). The van der Waals surface area contributed by atoms with Crippen molar-refractivity contribution < 1.29 is 5.11 Å². The molecule has 0 saturated heterocycles. The van der Waals surface area contributed by atoms with E-state index in [1.807, 2.05) is 18.2 Å². The van der Waals surface area contributed by atoms with Gasteiger partial charge in [0.2, 0.25) is 0 Å². The summed E-state index contributed by atoms with van der Waals surface area (Å²) in [5.41, 5.74) is 1.24. The molecule has 0 spiro atoms. The molecule has 15 heavy (non-hydrogen) atoms. The minimum absolute atomic E-state index is 0.240. The summed E-state index contributed by atoms with van der Waals surface area (Å²) in [4.78, 5) is 0. The lowest BCUT2D eigenvalue weighted by molar-refractivity contribution is 0.267. The van der Waals surface area contributed by atoms with Crippen molar-refractivity contribution in [3.8, 4) is 0 Å². The molecular formula is C13H19ClO. The van der Waals surface area contributed by atoms with Gasteiger partial charge in [-0.25, -0.2) is 0 Å². The van der Waals surface area contributed by atoms with Gasteiger partial charge < -0.3 is 5.11 Å². The standard InChI is InChI=1S/C13H19ClO/c1-10(2)8-12(6-7-15)11-4-3-5-13(14)9-11/h3-5,9-10,12,15H,6-8H2,1-2H3. The zero-order chi connectivity index (χ0) is 11.3. The lowest BCUT2D eigenvalue weighted by Crippen LogP contribution is -2.05. The van der Waals surface area contributed by atoms with E-state index in [4.69, 9.17) is 16.7 Å². The van der Waals surface area contributed by atoms with E-state index in [1.165, 1.54) is 5.56 Å². The Morgan fingerprint density at radius 3 is 2.60 bits per heavy atom. The zero-order valence-electron chi connectivity index (χ0n) is 9.41. The fraction of sp³-hybridized carbons (Fsp3) is 0.538. The molecule has 0 amide bonds. The first-order chi connectivity index (χ1) is 7.13. The Morgan fingerprint density at radius 2 is 2.07 bits per heavy atom. The van der Waals surface area contributed by atoms with Crippen LogP contribution in [0.25, 0.3) is 0 Å². The summed E-state index contributed by atoms with van der Waals surface area (Å²) in [6.45, 7) is 4.65. The molecule has 0 saturated carbocycles. The lowest BCUT2D eigenvalue weighted by atomic mass is 9.88. The summed E-state index contributed by atoms with van der Waals surface area (Å²) in [6, 6.07) is 7.96. The molecule has 1 aromatic rings. The van der Waals surface area contributed by atoms with Gasteiger partial charge in [-0.15, -0.1) is 0 Å². The maximum atomic E-state index is 9.05. The number of aliphatic hydroxyl groups is 1. The van der Waals surface area contributed by atoms with Crippen LogP contribution in [0.5, 0.6) is 0 Å². The molecule has 84 valence electrons. The van der Waals surface area contributed by atoms with Crippen molar-refractivity contribution in [3.63, 3.8) is 0 Å². The first-order valence-corrected chi connectivity index (χ1v) is 5.87. The second-order valence-corrected chi connectivity index (χ2v) is 4.83. The van der Waals surface area contributed by atoms with E-state index in [9.17, 15) is 0 Å². The van der Waals surface area contributed by atoms with Gasteiger partial charge >= 0.3 is 0 Å². The second kappa shape index (κ2) is 6.14. The number of hydrogen-bond donors (Lipinski definition) is 1. The van der Waals surface area contributed by atoms with Crippen molar-refractivity contribution in [2.45, 2.75) is 32.6 Å². The van der Waals surface area contributed by atoms with Crippen LogP contribution in [0, 0.1) is 5.92 Å². The van der Waals surface area contributed by atoms with E-state index in [-0.39, 0.29) is 6.61 Å². The van der Waals surface area contributed by atoms with Gasteiger partial charge in [-0.05, 0) is 42.4 Å². The fourth-order valence-corrected chi connectivity index (χ4v) is 2.10. The molecule has 0 fully saturated rings. The van der Waals surface area contributed by atoms with Crippen molar-refractivity contribution in [2.24, 2.45) is 5.92 Å². The monoisotopic (exact) mass is 226 g/mol. The van der Waals surface area contributed by atoms with Crippen LogP contribution in [-0.4, -0.2) is 11.7 Å². The highest BCUT2D eigenvalue weighted by Crippen LogP contribution is 2.28. The van der Waals surface area contributed by atoms with Crippen molar-refractivity contribution in [2.75, 3.05) is 6.61 Å². The van der Waals surface area contributed by atoms with Crippen LogP contribution in [0.4, 0.5) is 0 Å². The number of rotatable bonds is 5. The molecule has 0 radical (unpaired) electrons. The number of benzene rings is 1. The SMILES string of the molecule is CC(C)CC(CCO)c1cccc(Cl)c1. The zero-order valence-corrected chi connectivity index (χ0v) is 10.2. The minimum Gasteiger partial charge on any atom is -0.396 e. The molecule has 2 heteroatoms. The smallest absolute Gasteiger partial charge is 0.0436 e. The predicted molar refractivity (Wildman–Crippen MR) is 65.4 cm³/mol. The summed E-state index contributed by atoms with van der Waals surface area (Å²) in [5.74, 6) is 1.06. The molecule has 0 aliphatic rings. The Bertz CT molecular complexity index is 296. The third-order valence-corrected chi connectivity index (χ3v) is 2.79. The summed E-state index contributed by atoms with van der Waals surface area (Å²) >= 11 is 5.96. The topological polar surface area (TPSA) is 20.2 Å². The van der Waals surface area contributed by atoms with Crippen molar-refractivity contribution in [1.82, 2.24) is 0 Å². The molecule has 1 unspecified atom stereocenters. The Kier molecular flexibility index (Phi) is 5.13. The van der Waals surface area contributed by atoms with Crippen LogP contribution in [0.2, 0.25) is 5.02 Å². The molecule has 0 aliphatic heterocycles. The van der Waals surface area contributed by atoms with E-state index >= 15 is 0 Å². The van der Waals surface area contributed by atoms with Gasteiger partial charge in [-0.3, -0.25) is 0 Å². The van der Waals surface area contributed by atoms with Crippen molar-refractivity contribution in [3.05, 3.63) is 34.9 Å². The van der Waals surface area contributed by atoms with E-state index in [2.05, 4.69) is 19.9 Å². The minimum atomic E-state index is 0.240. The van der Waals surface area contributed by atoms with Crippen LogP contribution in [0.3, 0.4) is 0 Å². The van der Waals surface area contributed by atoms with Gasteiger partial charge in [-0.2, -0.15) is 0 Å². The Balaban J connectivity index is 2.78. The highest BCUT2D eigenvalue weighted by Gasteiger charge is 2.12. The highest BCUT2D eigenvalue weighted by molar-refractivity contribution is 6.30. The van der Waals surface area contributed by atoms with Crippen LogP contribution in [0.15, 0.2) is 24.3 Å². The number of hydrogen-bond acceptors (Lipinski definition) is 1. The van der Waals surface area contributed by atoms with E-state index in [0.29, 0.717) is 11.8 Å². The van der Waals surface area contributed by atoms with Crippen molar-refractivity contribution >= 4 is 11.6 Å². The van der Waals surface area contributed by atoms with E-state index < -0.39 is 0 Å². The van der Waals surface area contributed by atoms with Gasteiger partial charge in [0, 0.05) is 11.6 Å². The van der Waals surface area contributed by atoms with Crippen LogP contribution in [-0.2, 0) is 0 Å². The fourth-order valence-electron chi connectivity index (χ4n) is 1.91. The van der Waals surface area contributed by atoms with Crippen LogP contribution >= 0.6 is 11.6 Å². The first-order valence-electron chi connectivity index (χ1n) is 5.49. The first kappa shape index (κ1) is 12.5. The third kappa shape index (κ3) is 4.23. The summed E-state index contributed by atoms with van der Waals surface area (Å²) in [5, 5.41) is 9.82. The molecular weight excluding hydrogens is 208 g/mol. The Hall–Kier alpha value is -0.530. The van der Waals surface area contributed by atoms with Crippen LogP contribution in [0.1, 0.15) is 38.2 Å². The van der Waals surface area contributed by atoms with E-state index in [0.717, 1.165) is 17.9 Å². The average molecular weight is 227 g/mol. The van der Waals surface area contributed by atoms with E-state index in [1.54, 1.807) is 0 Å². The highest BCUT2D eigenvalue weighted by atomic mass is 35.5. The maximum absolute atomic E-state index is 9.05. The normalized spacial score (nSPS) is 13.1. The Morgan fingerprint density at radius 1 is 1.33 bits per heavy atom. The van der Waals surface area contributed by atoms with Gasteiger partial charge in [0.05, 0.1) is 0 Å². The predicted octanol–water partition coefficient (Wildman–Crippen LogP) is 3.85. The maximum Gasteiger partial charge on any atom is 0.0436 e. The molecule has 0 heterocycles. The molecule has 0 aliphatic carbocycles. The van der Waals surface area contributed by atoms with Gasteiger partial charge in [0.15, 0.2) is 0 Å². The molecule has 1 aromatic carbocycles. The summed E-state index contributed by atoms with van der Waals surface area (Å²) in [7, 11) is 0. The molecule has 1 atom stereocenters. The summed E-state index contributed by atoms with van der Waals surface area (Å²) in [6.07, 6.45) is 1.92. The second-order valence-electron chi connectivity index (χ2n) is 4.39. The quantitative estimate of drug-likeness (QED) is 0.809. The third-order valence-electron chi connectivity index (χ3n) is 2.55. The number of aliphatic hydroxyl groups excluding tert-OH is 1. The Labute approximate surface area is 97.1 Å². The molecule has 0 aromatic heterocycles. The largest absolute Gasteiger partial charge is 0.396 e. The average Bonchev–Trinajstić information content (AvgIpc) is 2.16. The molecule has 1 nitrogen and oxygen atoms in total. The van der Waals surface area contributed by atoms with Gasteiger partial charge in [-0.1, -0.05) is 37.6 Å². The summed E-state index contributed by atoms with van der Waals surface area (Å²) < 4.78 is 0. The molecule has 0 bridgehead atoms. The van der Waals surface area contributed by atoms with Crippen molar-refractivity contribution in [1.29, 1.82) is 0 Å². The van der Waals surface area contributed by atoms with Gasteiger partial charge in [0.25, 0.3) is 0 Å². The van der Waals surface area contributed by atoms with Crippen LogP contribution < -0.4 is 0 Å². The number of halogens is 1.